The Bertz CT molecular complexity index is 422. The Labute approximate surface area is 127 Å². The number of nitrogens with zero attached hydrogens (tertiary/aromatic N) is 1. The second-order valence-electron chi connectivity index (χ2n) is 5.22. The summed E-state index contributed by atoms with van der Waals surface area (Å²) in [6.45, 7) is 5.22. The lowest BCUT2D eigenvalue weighted by atomic mass is 10.1. The van der Waals surface area contributed by atoms with Crippen LogP contribution in [0, 0.1) is 5.92 Å². The van der Waals surface area contributed by atoms with E-state index in [9.17, 15) is 4.79 Å². The molecular formula is C15H24ClN3O. The van der Waals surface area contributed by atoms with E-state index in [1.165, 1.54) is 5.56 Å². The van der Waals surface area contributed by atoms with Gasteiger partial charge in [0, 0.05) is 12.2 Å². The third-order valence-electron chi connectivity index (χ3n) is 3.72. The molecule has 112 valence electrons. The second kappa shape index (κ2) is 8.25. The number of amides is 1. The fraction of sp³-hybridized carbons (Fsp3) is 0.533. The summed E-state index contributed by atoms with van der Waals surface area (Å²) in [5.41, 5.74) is 7.80. The van der Waals surface area contributed by atoms with E-state index in [0.717, 1.165) is 38.2 Å². The molecule has 1 heterocycles. The molecule has 1 amide bonds. The first-order valence-electron chi connectivity index (χ1n) is 7.02. The zero-order valence-electron chi connectivity index (χ0n) is 12.0. The average molecular weight is 298 g/mol. The quantitative estimate of drug-likeness (QED) is 0.872. The third-order valence-corrected chi connectivity index (χ3v) is 3.72. The zero-order chi connectivity index (χ0) is 13.7. The number of aryl methyl sites for hydroxylation is 1. The molecule has 1 fully saturated rings. The highest BCUT2D eigenvalue weighted by molar-refractivity contribution is 5.92. The van der Waals surface area contributed by atoms with Crippen molar-refractivity contribution in [3.05, 3.63) is 29.8 Å². The maximum Gasteiger partial charge on any atom is 0.238 e. The monoisotopic (exact) mass is 297 g/mol. The van der Waals surface area contributed by atoms with Gasteiger partial charge in [0.05, 0.1) is 6.54 Å². The minimum Gasteiger partial charge on any atom is -0.330 e. The normalized spacial score (nSPS) is 18.6. The summed E-state index contributed by atoms with van der Waals surface area (Å²) in [5, 5.41) is 2.94. The van der Waals surface area contributed by atoms with E-state index in [1.807, 2.05) is 12.1 Å². The molecular weight excluding hydrogens is 274 g/mol. The summed E-state index contributed by atoms with van der Waals surface area (Å²) in [6.07, 6.45) is 2.12. The summed E-state index contributed by atoms with van der Waals surface area (Å²) < 4.78 is 0. The molecule has 1 aliphatic rings. The molecule has 2 rings (SSSR count). The topological polar surface area (TPSA) is 58.4 Å². The standard InChI is InChI=1S/C15H23N3O.ClH/c1-2-12-3-5-14(6-4-12)17-15(19)11-18-8-7-13(9-16)10-18;/h3-6,13H,2,7-11,16H2,1H3,(H,17,19);1H. The summed E-state index contributed by atoms with van der Waals surface area (Å²) in [7, 11) is 0. The zero-order valence-corrected chi connectivity index (χ0v) is 12.8. The van der Waals surface area contributed by atoms with Crippen LogP contribution in [0.3, 0.4) is 0 Å². The number of hydrogen-bond acceptors (Lipinski definition) is 3. The van der Waals surface area contributed by atoms with Crippen molar-refractivity contribution in [1.29, 1.82) is 0 Å². The molecule has 20 heavy (non-hydrogen) atoms. The first-order chi connectivity index (χ1) is 9.21. The van der Waals surface area contributed by atoms with Crippen molar-refractivity contribution < 1.29 is 4.79 Å². The predicted octanol–water partition coefficient (Wildman–Crippen LogP) is 1.89. The van der Waals surface area contributed by atoms with Gasteiger partial charge in [0.15, 0.2) is 0 Å². The van der Waals surface area contributed by atoms with Gasteiger partial charge in [-0.25, -0.2) is 0 Å². The predicted molar refractivity (Wildman–Crippen MR) is 85.3 cm³/mol. The van der Waals surface area contributed by atoms with Crippen LogP contribution >= 0.6 is 12.4 Å². The first-order valence-corrected chi connectivity index (χ1v) is 7.02. The number of halogens is 1. The maximum atomic E-state index is 11.9. The number of rotatable bonds is 5. The van der Waals surface area contributed by atoms with Gasteiger partial charge in [0.2, 0.25) is 5.91 Å². The Kier molecular flexibility index (Phi) is 6.99. The number of carbonyl (C=O) groups is 1. The van der Waals surface area contributed by atoms with Crippen LogP contribution < -0.4 is 11.1 Å². The number of nitrogens with one attached hydrogen (secondary N) is 1. The van der Waals surface area contributed by atoms with Crippen molar-refractivity contribution in [1.82, 2.24) is 4.90 Å². The van der Waals surface area contributed by atoms with Crippen LogP contribution in [0.15, 0.2) is 24.3 Å². The molecule has 1 aliphatic heterocycles. The van der Waals surface area contributed by atoms with Gasteiger partial charge in [0.1, 0.15) is 0 Å². The van der Waals surface area contributed by atoms with E-state index in [1.54, 1.807) is 0 Å². The van der Waals surface area contributed by atoms with E-state index in [0.29, 0.717) is 12.5 Å². The third kappa shape index (κ3) is 4.78. The van der Waals surface area contributed by atoms with Crippen molar-refractivity contribution in [2.24, 2.45) is 11.7 Å². The first kappa shape index (κ1) is 17.0. The van der Waals surface area contributed by atoms with Crippen molar-refractivity contribution >= 4 is 24.0 Å². The largest absolute Gasteiger partial charge is 0.330 e. The molecule has 1 unspecified atom stereocenters. The Morgan fingerprint density at radius 1 is 1.40 bits per heavy atom. The number of likely N-dealkylation sites (tertiary alicyclic amines) is 1. The summed E-state index contributed by atoms with van der Waals surface area (Å²) in [6, 6.07) is 8.03. The summed E-state index contributed by atoms with van der Waals surface area (Å²) in [4.78, 5) is 14.1. The van der Waals surface area contributed by atoms with Gasteiger partial charge in [-0.1, -0.05) is 19.1 Å². The van der Waals surface area contributed by atoms with Crippen LogP contribution in [0.25, 0.3) is 0 Å². The molecule has 5 heteroatoms. The van der Waals surface area contributed by atoms with Crippen molar-refractivity contribution in [3.63, 3.8) is 0 Å². The van der Waals surface area contributed by atoms with E-state index < -0.39 is 0 Å². The van der Waals surface area contributed by atoms with Crippen LogP contribution in [0.5, 0.6) is 0 Å². The summed E-state index contributed by atoms with van der Waals surface area (Å²) in [5.74, 6) is 0.610. The minimum absolute atomic E-state index is 0. The van der Waals surface area contributed by atoms with Crippen molar-refractivity contribution in [2.45, 2.75) is 19.8 Å². The van der Waals surface area contributed by atoms with Crippen LogP contribution in [0.4, 0.5) is 5.69 Å². The van der Waals surface area contributed by atoms with E-state index in [-0.39, 0.29) is 18.3 Å². The number of carbonyl (C=O) groups excluding carboxylic acids is 1. The molecule has 1 atom stereocenters. The highest BCUT2D eigenvalue weighted by atomic mass is 35.5. The lowest BCUT2D eigenvalue weighted by Gasteiger charge is -2.15. The van der Waals surface area contributed by atoms with Crippen LogP contribution in [-0.4, -0.2) is 37.0 Å². The fourth-order valence-electron chi connectivity index (χ4n) is 2.48. The van der Waals surface area contributed by atoms with E-state index >= 15 is 0 Å². The Hall–Kier alpha value is -1.10. The maximum absolute atomic E-state index is 11.9. The van der Waals surface area contributed by atoms with Crippen molar-refractivity contribution in [2.75, 3.05) is 31.5 Å². The number of benzene rings is 1. The number of anilines is 1. The molecule has 0 aliphatic carbocycles. The average Bonchev–Trinajstić information content (AvgIpc) is 2.87. The van der Waals surface area contributed by atoms with Crippen LogP contribution in [-0.2, 0) is 11.2 Å². The van der Waals surface area contributed by atoms with Crippen molar-refractivity contribution in [3.8, 4) is 0 Å². The SMILES string of the molecule is CCc1ccc(NC(=O)CN2CCC(CN)C2)cc1.Cl. The van der Waals surface area contributed by atoms with Gasteiger partial charge < -0.3 is 11.1 Å². The van der Waals surface area contributed by atoms with Gasteiger partial charge in [-0.15, -0.1) is 12.4 Å². The Morgan fingerprint density at radius 2 is 2.10 bits per heavy atom. The van der Waals surface area contributed by atoms with Gasteiger partial charge in [-0.2, -0.15) is 0 Å². The van der Waals surface area contributed by atoms with Gasteiger partial charge in [-0.3, -0.25) is 9.69 Å². The Balaban J connectivity index is 0.00000200. The molecule has 4 nitrogen and oxygen atoms in total. The molecule has 0 radical (unpaired) electrons. The van der Waals surface area contributed by atoms with E-state index in [2.05, 4.69) is 29.3 Å². The van der Waals surface area contributed by atoms with Crippen LogP contribution in [0.1, 0.15) is 18.9 Å². The molecule has 0 saturated carbocycles. The van der Waals surface area contributed by atoms with Gasteiger partial charge >= 0.3 is 0 Å². The molecule has 0 spiro atoms. The minimum atomic E-state index is 0. The number of hydrogen-bond donors (Lipinski definition) is 2. The summed E-state index contributed by atoms with van der Waals surface area (Å²) >= 11 is 0. The smallest absolute Gasteiger partial charge is 0.238 e. The molecule has 0 aromatic heterocycles. The van der Waals surface area contributed by atoms with Gasteiger partial charge in [-0.05, 0) is 49.5 Å². The highest BCUT2D eigenvalue weighted by Crippen LogP contribution is 2.15. The number of nitrogens with two attached hydrogens (primary N) is 1. The van der Waals surface area contributed by atoms with E-state index in [4.69, 9.17) is 5.73 Å². The molecule has 0 bridgehead atoms. The highest BCUT2D eigenvalue weighted by Gasteiger charge is 2.22. The molecule has 1 saturated heterocycles. The fourth-order valence-corrected chi connectivity index (χ4v) is 2.48. The van der Waals surface area contributed by atoms with Gasteiger partial charge in [0.25, 0.3) is 0 Å². The Morgan fingerprint density at radius 3 is 2.65 bits per heavy atom. The lowest BCUT2D eigenvalue weighted by molar-refractivity contribution is -0.117. The van der Waals surface area contributed by atoms with Crippen LogP contribution in [0.2, 0.25) is 0 Å². The lowest BCUT2D eigenvalue weighted by Crippen LogP contribution is -2.32. The second-order valence-corrected chi connectivity index (χ2v) is 5.22. The molecule has 1 aromatic carbocycles. The molecule has 3 N–H and O–H groups in total. The molecule has 1 aromatic rings.